The summed E-state index contributed by atoms with van der Waals surface area (Å²) in [7, 11) is 0. The quantitative estimate of drug-likeness (QED) is 0.193. The number of carbonyl (C=O) groups excluding carboxylic acids is 1. The van der Waals surface area contributed by atoms with Crippen LogP contribution in [0.5, 0.6) is 0 Å². The third kappa shape index (κ3) is 3.77. The summed E-state index contributed by atoms with van der Waals surface area (Å²) in [5.41, 5.74) is 0.592. The monoisotopic (exact) mass is 404 g/mol. The topological polar surface area (TPSA) is 84.0 Å². The van der Waals surface area contributed by atoms with E-state index in [0.29, 0.717) is 0 Å². The Morgan fingerprint density at radius 2 is 1.95 bits per heavy atom. The number of nitro groups is 1. The summed E-state index contributed by atoms with van der Waals surface area (Å²) >= 11 is 2.13. The molecule has 108 valence electrons. The average Bonchev–Trinajstić information content (AvgIpc) is 2.52. The molecule has 5 nitrogen and oxygen atoms in total. The second kappa shape index (κ2) is 6.95. The van der Waals surface area contributed by atoms with Gasteiger partial charge in [0.1, 0.15) is 11.6 Å². The molecular formula is C16H9IN2O3. The molecule has 0 atom stereocenters. The highest BCUT2D eigenvalue weighted by molar-refractivity contribution is 14.1. The summed E-state index contributed by atoms with van der Waals surface area (Å²) in [6, 6.07) is 14.5. The number of rotatable bonds is 4. The first-order valence-corrected chi connectivity index (χ1v) is 7.25. The van der Waals surface area contributed by atoms with Gasteiger partial charge in [0.15, 0.2) is 0 Å². The van der Waals surface area contributed by atoms with Crippen molar-refractivity contribution in [3.63, 3.8) is 0 Å². The van der Waals surface area contributed by atoms with E-state index in [1.165, 1.54) is 30.3 Å². The summed E-state index contributed by atoms with van der Waals surface area (Å²) in [4.78, 5) is 22.5. The lowest BCUT2D eigenvalue weighted by Crippen LogP contribution is -2.02. The summed E-state index contributed by atoms with van der Waals surface area (Å²) in [5.74, 6) is -0.537. The van der Waals surface area contributed by atoms with E-state index in [2.05, 4.69) is 22.6 Å². The Balaban J connectivity index is 2.40. The van der Waals surface area contributed by atoms with E-state index in [4.69, 9.17) is 0 Å². The minimum Gasteiger partial charge on any atom is -0.288 e. The molecule has 0 radical (unpaired) electrons. The van der Waals surface area contributed by atoms with Gasteiger partial charge in [0.2, 0.25) is 5.78 Å². The molecule has 0 saturated heterocycles. The maximum atomic E-state index is 12.3. The van der Waals surface area contributed by atoms with Crippen LogP contribution in [0.2, 0.25) is 0 Å². The van der Waals surface area contributed by atoms with E-state index in [-0.39, 0.29) is 16.8 Å². The number of carbonyl (C=O) groups is 1. The normalized spacial score (nSPS) is 10.8. The molecule has 6 heteroatoms. The molecule has 0 spiro atoms. The fraction of sp³-hybridized carbons (Fsp3) is 0. The molecule has 0 N–H and O–H groups in total. The Bertz CT molecular complexity index is 822. The van der Waals surface area contributed by atoms with Gasteiger partial charge in [0.25, 0.3) is 5.69 Å². The number of nitro benzene ring substituents is 1. The van der Waals surface area contributed by atoms with Crippen molar-refractivity contribution < 1.29 is 9.72 Å². The van der Waals surface area contributed by atoms with Crippen molar-refractivity contribution >= 4 is 40.1 Å². The van der Waals surface area contributed by atoms with E-state index in [9.17, 15) is 20.2 Å². The van der Waals surface area contributed by atoms with Gasteiger partial charge in [-0.1, -0.05) is 24.3 Å². The highest BCUT2D eigenvalue weighted by atomic mass is 127. The van der Waals surface area contributed by atoms with Gasteiger partial charge in [-0.3, -0.25) is 14.9 Å². The van der Waals surface area contributed by atoms with Crippen molar-refractivity contribution in [2.75, 3.05) is 0 Å². The smallest absolute Gasteiger partial charge is 0.270 e. The minimum absolute atomic E-state index is 0.0671. The van der Waals surface area contributed by atoms with Gasteiger partial charge in [0, 0.05) is 21.3 Å². The van der Waals surface area contributed by atoms with Crippen LogP contribution in [-0.2, 0) is 0 Å². The molecule has 0 amide bonds. The lowest BCUT2D eigenvalue weighted by Gasteiger charge is -2.01. The van der Waals surface area contributed by atoms with Crippen LogP contribution in [-0.4, -0.2) is 10.7 Å². The molecule has 0 unspecified atom stereocenters. The molecule has 0 saturated carbocycles. The van der Waals surface area contributed by atoms with Crippen molar-refractivity contribution in [3.8, 4) is 6.07 Å². The Labute approximate surface area is 140 Å². The van der Waals surface area contributed by atoms with Crippen molar-refractivity contribution in [2.24, 2.45) is 0 Å². The number of ketones is 1. The van der Waals surface area contributed by atoms with Crippen LogP contribution in [0.15, 0.2) is 54.1 Å². The van der Waals surface area contributed by atoms with Crippen molar-refractivity contribution in [3.05, 3.63) is 78.9 Å². The van der Waals surface area contributed by atoms with Crippen LogP contribution in [0.3, 0.4) is 0 Å². The van der Waals surface area contributed by atoms with Gasteiger partial charge >= 0.3 is 0 Å². The number of allylic oxidation sites excluding steroid dienone is 1. The van der Waals surface area contributed by atoms with Crippen molar-refractivity contribution in [2.45, 2.75) is 0 Å². The summed E-state index contributed by atoms with van der Waals surface area (Å²) < 4.78 is 0.978. The molecule has 0 aliphatic heterocycles. The lowest BCUT2D eigenvalue weighted by atomic mass is 10.0. The van der Waals surface area contributed by atoms with Gasteiger partial charge in [-0.25, -0.2) is 0 Å². The third-order valence-electron chi connectivity index (χ3n) is 2.84. The predicted octanol–water partition coefficient (Wildman–Crippen LogP) is 3.99. The number of hydrogen-bond acceptors (Lipinski definition) is 4. The van der Waals surface area contributed by atoms with Crippen LogP contribution in [0, 0.1) is 25.0 Å². The molecule has 22 heavy (non-hydrogen) atoms. The predicted molar refractivity (Wildman–Crippen MR) is 90.2 cm³/mol. The Morgan fingerprint density at radius 3 is 2.59 bits per heavy atom. The van der Waals surface area contributed by atoms with Gasteiger partial charge in [-0.2, -0.15) is 5.26 Å². The third-order valence-corrected chi connectivity index (χ3v) is 3.51. The van der Waals surface area contributed by atoms with E-state index >= 15 is 0 Å². The minimum atomic E-state index is -0.577. The molecule has 2 rings (SSSR count). The number of nitriles is 1. The zero-order valence-corrected chi connectivity index (χ0v) is 13.4. The average molecular weight is 404 g/mol. The number of nitrogens with zero attached hydrogens (tertiary/aromatic N) is 2. The lowest BCUT2D eigenvalue weighted by molar-refractivity contribution is -0.384. The molecular weight excluding hydrogens is 395 g/mol. The molecule has 0 aliphatic carbocycles. The molecule has 2 aromatic rings. The Kier molecular flexibility index (Phi) is 5.01. The largest absolute Gasteiger partial charge is 0.288 e. The highest BCUT2D eigenvalue weighted by Crippen LogP contribution is 2.18. The molecule has 0 heterocycles. The SMILES string of the molecule is N#C/C(=C\c1cccc(I)c1)C(=O)c1cccc([N+](=O)[O-])c1. The first kappa shape index (κ1) is 15.9. The second-order valence-electron chi connectivity index (χ2n) is 4.36. The van der Waals surface area contributed by atoms with E-state index in [1.807, 2.05) is 24.3 Å². The number of hydrogen-bond donors (Lipinski definition) is 0. The van der Waals surface area contributed by atoms with Crippen LogP contribution in [0.25, 0.3) is 6.08 Å². The molecule has 2 aromatic carbocycles. The van der Waals surface area contributed by atoms with Gasteiger partial charge in [0.05, 0.1) is 4.92 Å². The zero-order valence-electron chi connectivity index (χ0n) is 11.2. The van der Waals surface area contributed by atoms with Crippen LogP contribution >= 0.6 is 22.6 Å². The van der Waals surface area contributed by atoms with Crippen LogP contribution < -0.4 is 0 Å². The summed E-state index contributed by atoms with van der Waals surface area (Å²) in [6.07, 6.45) is 1.48. The van der Waals surface area contributed by atoms with Crippen LogP contribution in [0.4, 0.5) is 5.69 Å². The summed E-state index contributed by atoms with van der Waals surface area (Å²) in [5, 5.41) is 19.9. The van der Waals surface area contributed by atoms with Crippen molar-refractivity contribution in [1.29, 1.82) is 5.26 Å². The maximum Gasteiger partial charge on any atom is 0.270 e. The fourth-order valence-corrected chi connectivity index (χ4v) is 2.40. The standard InChI is InChI=1S/C16H9IN2O3/c17-14-5-1-3-11(8-14)7-13(10-18)16(20)12-4-2-6-15(9-12)19(21)22/h1-9H/b13-7+. The second-order valence-corrected chi connectivity index (χ2v) is 5.61. The maximum absolute atomic E-state index is 12.3. The molecule has 0 aromatic heterocycles. The Hall–Kier alpha value is -2.53. The fourth-order valence-electron chi connectivity index (χ4n) is 1.83. The molecule has 0 fully saturated rings. The zero-order chi connectivity index (χ0) is 16.1. The first-order valence-electron chi connectivity index (χ1n) is 6.18. The van der Waals surface area contributed by atoms with Gasteiger partial charge < -0.3 is 0 Å². The molecule has 0 bridgehead atoms. The van der Waals surface area contributed by atoms with Gasteiger partial charge in [-0.05, 0) is 46.4 Å². The van der Waals surface area contributed by atoms with Crippen molar-refractivity contribution in [1.82, 2.24) is 0 Å². The molecule has 0 aliphatic rings. The number of non-ortho nitro benzene ring substituents is 1. The van der Waals surface area contributed by atoms with E-state index in [1.54, 1.807) is 6.07 Å². The first-order chi connectivity index (χ1) is 10.5. The Morgan fingerprint density at radius 1 is 1.23 bits per heavy atom. The van der Waals surface area contributed by atoms with Gasteiger partial charge in [-0.15, -0.1) is 0 Å². The number of benzene rings is 2. The number of halogens is 1. The van der Waals surface area contributed by atoms with E-state index < -0.39 is 10.7 Å². The highest BCUT2D eigenvalue weighted by Gasteiger charge is 2.15. The summed E-state index contributed by atoms with van der Waals surface area (Å²) in [6.45, 7) is 0. The van der Waals surface area contributed by atoms with Crippen LogP contribution in [0.1, 0.15) is 15.9 Å². The number of Topliss-reactive ketones (excluding diaryl/α,β-unsaturated/α-hetero) is 1. The van der Waals surface area contributed by atoms with E-state index in [0.717, 1.165) is 9.13 Å².